The number of rotatable bonds is 3. The Morgan fingerprint density at radius 2 is 1.93 bits per heavy atom. The summed E-state index contributed by atoms with van der Waals surface area (Å²) in [7, 11) is 0. The van der Waals surface area contributed by atoms with E-state index < -0.39 is 0 Å². The van der Waals surface area contributed by atoms with Gasteiger partial charge in [0.25, 0.3) is 0 Å². The van der Waals surface area contributed by atoms with Crippen molar-refractivity contribution in [2.75, 3.05) is 6.61 Å². The molecule has 0 N–H and O–H groups in total. The summed E-state index contributed by atoms with van der Waals surface area (Å²) in [4.78, 5) is 0. The molecule has 0 amide bonds. The largest absolute Gasteiger partial charge is 0.375 e. The second kappa shape index (κ2) is 3.74. The fourth-order valence-corrected chi connectivity index (χ4v) is 1.81. The highest BCUT2D eigenvalue weighted by Crippen LogP contribution is 2.30. The first-order chi connectivity index (χ1) is 6.68. The van der Waals surface area contributed by atoms with Crippen LogP contribution in [-0.4, -0.2) is 12.2 Å². The van der Waals surface area contributed by atoms with Crippen molar-refractivity contribution in [1.82, 2.24) is 0 Å². The van der Waals surface area contributed by atoms with Gasteiger partial charge in [-0.25, -0.2) is 0 Å². The van der Waals surface area contributed by atoms with Crippen molar-refractivity contribution in [2.45, 2.75) is 38.7 Å². The topological polar surface area (TPSA) is 9.23 Å². The van der Waals surface area contributed by atoms with Gasteiger partial charge in [-0.2, -0.15) is 0 Å². The van der Waals surface area contributed by atoms with E-state index in [1.54, 1.807) is 0 Å². The first kappa shape index (κ1) is 9.72. The first-order valence-electron chi connectivity index (χ1n) is 5.37. The lowest BCUT2D eigenvalue weighted by Crippen LogP contribution is -2.40. The van der Waals surface area contributed by atoms with Gasteiger partial charge in [-0.05, 0) is 38.7 Å². The minimum Gasteiger partial charge on any atom is -0.375 e. The summed E-state index contributed by atoms with van der Waals surface area (Å²) in [6.45, 7) is 5.29. The van der Waals surface area contributed by atoms with Gasteiger partial charge in [0, 0.05) is 0 Å². The van der Waals surface area contributed by atoms with Gasteiger partial charge in [0.05, 0.1) is 12.2 Å². The normalized spacial score (nSPS) is 25.9. The van der Waals surface area contributed by atoms with Gasteiger partial charge in [0.1, 0.15) is 0 Å². The zero-order valence-corrected chi connectivity index (χ0v) is 9.05. The summed E-state index contributed by atoms with van der Waals surface area (Å²) >= 11 is 0. The van der Waals surface area contributed by atoms with Crippen molar-refractivity contribution in [1.29, 1.82) is 0 Å². The van der Waals surface area contributed by atoms with Crippen LogP contribution in [0.2, 0.25) is 0 Å². The van der Waals surface area contributed by atoms with Crippen LogP contribution in [0.3, 0.4) is 0 Å². The van der Waals surface area contributed by atoms with E-state index in [0.29, 0.717) is 0 Å². The number of hydrogen-bond acceptors (Lipinski definition) is 1. The molecule has 1 saturated heterocycles. The first-order valence-corrected chi connectivity index (χ1v) is 5.37. The van der Waals surface area contributed by atoms with Crippen molar-refractivity contribution >= 4 is 0 Å². The van der Waals surface area contributed by atoms with E-state index in [0.717, 1.165) is 19.4 Å². The van der Waals surface area contributed by atoms with E-state index in [-0.39, 0.29) is 5.60 Å². The zero-order valence-electron chi connectivity index (χ0n) is 9.05. The molecule has 1 nitrogen and oxygen atoms in total. The third-order valence-electron chi connectivity index (χ3n) is 3.14. The molecule has 0 spiro atoms. The summed E-state index contributed by atoms with van der Waals surface area (Å²) in [5.41, 5.74) is 2.93. The highest BCUT2D eigenvalue weighted by atomic mass is 16.5. The Hall–Kier alpha value is -0.820. The monoisotopic (exact) mass is 190 g/mol. The molecule has 0 aliphatic carbocycles. The van der Waals surface area contributed by atoms with E-state index in [2.05, 4.69) is 38.1 Å². The maximum absolute atomic E-state index is 5.56. The van der Waals surface area contributed by atoms with Gasteiger partial charge in [-0.15, -0.1) is 0 Å². The van der Waals surface area contributed by atoms with Gasteiger partial charge in [-0.1, -0.05) is 29.8 Å². The standard InChI is InChI=1S/C13H18O/c1-11-3-5-12(6-4-11)7-8-13(2)9-10-14-13/h3-6H,7-10H2,1-2H3. The van der Waals surface area contributed by atoms with E-state index in [4.69, 9.17) is 4.74 Å². The lowest BCUT2D eigenvalue weighted by Gasteiger charge is -2.38. The Morgan fingerprint density at radius 3 is 2.43 bits per heavy atom. The molecule has 1 fully saturated rings. The average Bonchev–Trinajstić information content (AvgIpc) is 2.14. The van der Waals surface area contributed by atoms with E-state index in [9.17, 15) is 0 Å². The van der Waals surface area contributed by atoms with Crippen LogP contribution in [0.1, 0.15) is 30.9 Å². The predicted octanol–water partition coefficient (Wildman–Crippen LogP) is 3.11. The molecule has 1 unspecified atom stereocenters. The molecule has 1 aliphatic rings. The summed E-state index contributed by atoms with van der Waals surface area (Å²) in [5, 5.41) is 0. The Kier molecular flexibility index (Phi) is 2.60. The van der Waals surface area contributed by atoms with Gasteiger partial charge in [0.2, 0.25) is 0 Å². The minimum atomic E-state index is 0.172. The fraction of sp³-hybridized carbons (Fsp3) is 0.538. The molecule has 14 heavy (non-hydrogen) atoms. The van der Waals surface area contributed by atoms with Crippen molar-refractivity contribution in [3.8, 4) is 0 Å². The molecule has 1 heteroatoms. The van der Waals surface area contributed by atoms with Crippen molar-refractivity contribution in [3.63, 3.8) is 0 Å². The molecule has 0 radical (unpaired) electrons. The molecule has 1 aliphatic heterocycles. The highest BCUT2D eigenvalue weighted by molar-refractivity contribution is 5.21. The van der Waals surface area contributed by atoms with Crippen LogP contribution in [0.15, 0.2) is 24.3 Å². The van der Waals surface area contributed by atoms with Crippen LogP contribution in [0.4, 0.5) is 0 Å². The van der Waals surface area contributed by atoms with Crippen LogP contribution < -0.4 is 0 Å². The zero-order chi connectivity index (χ0) is 10.0. The van der Waals surface area contributed by atoms with Gasteiger partial charge < -0.3 is 4.74 Å². The maximum atomic E-state index is 5.56. The smallest absolute Gasteiger partial charge is 0.0679 e. The second-order valence-corrected chi connectivity index (χ2v) is 4.53. The summed E-state index contributed by atoms with van der Waals surface area (Å²) in [6.07, 6.45) is 3.51. The number of benzene rings is 1. The number of hydrogen-bond donors (Lipinski definition) is 0. The molecule has 1 aromatic carbocycles. The Bertz CT molecular complexity index is 296. The van der Waals surface area contributed by atoms with Crippen LogP contribution in [0, 0.1) is 6.92 Å². The maximum Gasteiger partial charge on any atom is 0.0679 e. The summed E-state index contributed by atoms with van der Waals surface area (Å²) in [6, 6.07) is 8.80. The van der Waals surface area contributed by atoms with Crippen molar-refractivity contribution in [2.24, 2.45) is 0 Å². The number of ether oxygens (including phenoxy) is 1. The lowest BCUT2D eigenvalue weighted by molar-refractivity contribution is -0.137. The predicted molar refractivity (Wildman–Crippen MR) is 58.5 cm³/mol. The highest BCUT2D eigenvalue weighted by Gasteiger charge is 2.32. The fourth-order valence-electron chi connectivity index (χ4n) is 1.81. The van der Waals surface area contributed by atoms with E-state index >= 15 is 0 Å². The van der Waals surface area contributed by atoms with Crippen LogP contribution in [0.25, 0.3) is 0 Å². The van der Waals surface area contributed by atoms with Crippen LogP contribution in [-0.2, 0) is 11.2 Å². The average molecular weight is 190 g/mol. The van der Waals surface area contributed by atoms with Crippen molar-refractivity contribution < 1.29 is 4.74 Å². The lowest BCUT2D eigenvalue weighted by atomic mass is 9.90. The quantitative estimate of drug-likeness (QED) is 0.711. The van der Waals surface area contributed by atoms with E-state index in [1.165, 1.54) is 17.5 Å². The molecule has 0 saturated carbocycles. The third-order valence-corrected chi connectivity index (χ3v) is 3.14. The molecular weight excluding hydrogens is 172 g/mol. The van der Waals surface area contributed by atoms with Crippen molar-refractivity contribution in [3.05, 3.63) is 35.4 Å². The molecular formula is C13H18O. The van der Waals surface area contributed by atoms with Gasteiger partial charge in [0.15, 0.2) is 0 Å². The van der Waals surface area contributed by atoms with Gasteiger partial charge in [-0.3, -0.25) is 0 Å². The molecule has 0 bridgehead atoms. The Balaban J connectivity index is 1.88. The van der Waals surface area contributed by atoms with Crippen LogP contribution in [0.5, 0.6) is 0 Å². The SMILES string of the molecule is Cc1ccc(CCC2(C)CCO2)cc1. The molecule has 1 heterocycles. The molecule has 2 rings (SSSR count). The third kappa shape index (κ3) is 2.16. The molecule has 0 aromatic heterocycles. The Labute approximate surface area is 86.1 Å². The number of aryl methyl sites for hydroxylation is 2. The van der Waals surface area contributed by atoms with E-state index in [1.807, 2.05) is 0 Å². The summed E-state index contributed by atoms with van der Waals surface area (Å²) < 4.78 is 5.56. The molecule has 1 aromatic rings. The minimum absolute atomic E-state index is 0.172. The van der Waals surface area contributed by atoms with Gasteiger partial charge >= 0.3 is 0 Å². The summed E-state index contributed by atoms with van der Waals surface area (Å²) in [5.74, 6) is 0. The second-order valence-electron chi connectivity index (χ2n) is 4.53. The molecule has 1 atom stereocenters. The Morgan fingerprint density at radius 1 is 1.29 bits per heavy atom. The van der Waals surface area contributed by atoms with Crippen LogP contribution >= 0.6 is 0 Å². The molecule has 76 valence electrons.